The van der Waals surface area contributed by atoms with Gasteiger partial charge in [-0.25, -0.2) is 0 Å². The lowest BCUT2D eigenvalue weighted by atomic mass is 10.1. The van der Waals surface area contributed by atoms with Crippen LogP contribution in [0.5, 0.6) is 0 Å². The summed E-state index contributed by atoms with van der Waals surface area (Å²) < 4.78 is 5.69. The van der Waals surface area contributed by atoms with Crippen LogP contribution >= 0.6 is 0 Å². The Bertz CT molecular complexity index is 140. The fourth-order valence-corrected chi connectivity index (χ4v) is 1.46. The van der Waals surface area contributed by atoms with Crippen molar-refractivity contribution < 1.29 is 4.74 Å². The predicted octanol–water partition coefficient (Wildman–Crippen LogP) is 3.36. The maximum absolute atomic E-state index is 5.69. The van der Waals surface area contributed by atoms with Gasteiger partial charge in [-0.05, 0) is 53.5 Å². The smallest absolute Gasteiger partial charge is 0.0546 e. The van der Waals surface area contributed by atoms with E-state index in [0.717, 1.165) is 19.6 Å². The lowest BCUT2D eigenvalue weighted by Crippen LogP contribution is -2.36. The molecular formula is C13H29NO. The average molecular weight is 215 g/mol. The molecule has 0 aliphatic carbocycles. The monoisotopic (exact) mass is 215 g/mol. The van der Waals surface area contributed by atoms with Crippen molar-refractivity contribution in [3.63, 3.8) is 0 Å². The van der Waals surface area contributed by atoms with E-state index < -0.39 is 0 Å². The third-order valence-corrected chi connectivity index (χ3v) is 2.32. The van der Waals surface area contributed by atoms with Crippen molar-refractivity contribution in [3.05, 3.63) is 0 Å². The normalized spacial score (nSPS) is 14.2. The van der Waals surface area contributed by atoms with Crippen LogP contribution in [0.4, 0.5) is 0 Å². The van der Waals surface area contributed by atoms with Gasteiger partial charge in [-0.3, -0.25) is 0 Å². The lowest BCUT2D eigenvalue weighted by Gasteiger charge is -2.20. The van der Waals surface area contributed by atoms with Gasteiger partial charge in [0.1, 0.15) is 0 Å². The van der Waals surface area contributed by atoms with Crippen LogP contribution in [0.1, 0.15) is 60.3 Å². The van der Waals surface area contributed by atoms with Crippen LogP contribution in [0.25, 0.3) is 0 Å². The maximum Gasteiger partial charge on any atom is 0.0546 e. The number of unbranched alkanes of at least 4 members (excludes halogenated alkanes) is 1. The summed E-state index contributed by atoms with van der Waals surface area (Å²) in [7, 11) is 0. The van der Waals surface area contributed by atoms with E-state index in [1.165, 1.54) is 19.3 Å². The van der Waals surface area contributed by atoms with E-state index in [4.69, 9.17) is 4.74 Å². The first-order valence-electron chi connectivity index (χ1n) is 6.32. The van der Waals surface area contributed by atoms with Crippen LogP contribution in [0.3, 0.4) is 0 Å². The topological polar surface area (TPSA) is 21.3 Å². The molecular weight excluding hydrogens is 186 g/mol. The van der Waals surface area contributed by atoms with Gasteiger partial charge in [0.2, 0.25) is 0 Å². The summed E-state index contributed by atoms with van der Waals surface area (Å²) in [6.07, 6.45) is 5.20. The Morgan fingerprint density at radius 3 is 2.40 bits per heavy atom. The molecule has 0 heterocycles. The second kappa shape index (κ2) is 8.12. The Labute approximate surface area is 95.8 Å². The molecule has 0 bridgehead atoms. The van der Waals surface area contributed by atoms with Crippen molar-refractivity contribution in [2.45, 2.75) is 71.9 Å². The zero-order valence-corrected chi connectivity index (χ0v) is 11.2. The van der Waals surface area contributed by atoms with Crippen LogP contribution in [0, 0.1) is 0 Å². The van der Waals surface area contributed by atoms with Gasteiger partial charge in [-0.1, -0.05) is 13.3 Å². The van der Waals surface area contributed by atoms with Gasteiger partial charge < -0.3 is 10.1 Å². The molecule has 15 heavy (non-hydrogen) atoms. The largest absolute Gasteiger partial charge is 0.379 e. The molecule has 2 nitrogen and oxygen atoms in total. The molecule has 2 heteroatoms. The molecule has 0 spiro atoms. The summed E-state index contributed by atoms with van der Waals surface area (Å²) in [5, 5.41) is 3.48. The Balaban J connectivity index is 3.18. The molecule has 1 unspecified atom stereocenters. The molecule has 0 fully saturated rings. The molecule has 0 saturated heterocycles. The van der Waals surface area contributed by atoms with Crippen molar-refractivity contribution in [1.29, 1.82) is 0 Å². The minimum atomic E-state index is 0.246. The molecule has 0 rings (SSSR count). The quantitative estimate of drug-likeness (QED) is 0.627. The molecule has 0 amide bonds. The average Bonchev–Trinajstić information content (AvgIpc) is 2.09. The fourth-order valence-electron chi connectivity index (χ4n) is 1.46. The Morgan fingerprint density at radius 1 is 1.20 bits per heavy atom. The Hall–Kier alpha value is -0.0800. The van der Waals surface area contributed by atoms with Crippen LogP contribution in [-0.2, 0) is 4.74 Å². The van der Waals surface area contributed by atoms with E-state index in [9.17, 15) is 0 Å². The molecule has 0 aromatic heterocycles. The molecule has 92 valence electrons. The van der Waals surface area contributed by atoms with Gasteiger partial charge in [0.05, 0.1) is 6.10 Å². The van der Waals surface area contributed by atoms with E-state index in [0.29, 0.717) is 6.10 Å². The number of hydrogen-bond acceptors (Lipinski definition) is 2. The van der Waals surface area contributed by atoms with E-state index in [-0.39, 0.29) is 5.54 Å². The van der Waals surface area contributed by atoms with Crippen LogP contribution in [0.2, 0.25) is 0 Å². The Morgan fingerprint density at radius 2 is 1.87 bits per heavy atom. The van der Waals surface area contributed by atoms with Crippen LogP contribution in [-0.4, -0.2) is 24.8 Å². The highest BCUT2D eigenvalue weighted by atomic mass is 16.5. The highest BCUT2D eigenvalue weighted by molar-refractivity contribution is 4.69. The van der Waals surface area contributed by atoms with E-state index in [2.05, 4.69) is 39.9 Å². The first-order valence-corrected chi connectivity index (χ1v) is 6.32. The highest BCUT2D eigenvalue weighted by Gasteiger charge is 2.07. The number of rotatable bonds is 8. The van der Waals surface area contributed by atoms with Gasteiger partial charge in [0.25, 0.3) is 0 Å². The molecule has 0 aromatic carbocycles. The van der Waals surface area contributed by atoms with E-state index in [1.807, 2.05) is 0 Å². The number of nitrogens with one attached hydrogen (secondary N) is 1. The lowest BCUT2D eigenvalue weighted by molar-refractivity contribution is 0.0572. The van der Waals surface area contributed by atoms with Gasteiger partial charge in [-0.15, -0.1) is 0 Å². The van der Waals surface area contributed by atoms with Crippen molar-refractivity contribution in [3.8, 4) is 0 Å². The fraction of sp³-hybridized carbons (Fsp3) is 1.00. The molecule has 0 aliphatic rings. The zero-order valence-electron chi connectivity index (χ0n) is 11.2. The Kier molecular flexibility index (Phi) is 8.07. The van der Waals surface area contributed by atoms with Crippen molar-refractivity contribution >= 4 is 0 Å². The molecule has 1 N–H and O–H groups in total. The van der Waals surface area contributed by atoms with Gasteiger partial charge >= 0.3 is 0 Å². The minimum Gasteiger partial charge on any atom is -0.379 e. The van der Waals surface area contributed by atoms with E-state index in [1.54, 1.807) is 0 Å². The number of ether oxygens (including phenoxy) is 1. The minimum absolute atomic E-state index is 0.246. The van der Waals surface area contributed by atoms with Crippen molar-refractivity contribution in [1.82, 2.24) is 5.32 Å². The van der Waals surface area contributed by atoms with Gasteiger partial charge in [0.15, 0.2) is 0 Å². The summed E-state index contributed by atoms with van der Waals surface area (Å²) >= 11 is 0. The predicted molar refractivity (Wildman–Crippen MR) is 67.3 cm³/mol. The summed E-state index contributed by atoms with van der Waals surface area (Å²) in [5.74, 6) is 0. The van der Waals surface area contributed by atoms with Crippen molar-refractivity contribution in [2.24, 2.45) is 0 Å². The first-order chi connectivity index (χ1) is 6.95. The third-order valence-electron chi connectivity index (χ3n) is 2.32. The molecule has 0 radical (unpaired) electrons. The van der Waals surface area contributed by atoms with Crippen LogP contribution in [0.15, 0.2) is 0 Å². The maximum atomic E-state index is 5.69. The second-order valence-electron chi connectivity index (χ2n) is 5.35. The highest BCUT2D eigenvalue weighted by Crippen LogP contribution is 2.03. The summed E-state index contributed by atoms with van der Waals surface area (Å²) in [6, 6.07) is 0. The third kappa shape index (κ3) is 11.8. The van der Waals surface area contributed by atoms with Gasteiger partial charge in [0, 0.05) is 12.1 Å². The molecule has 0 aromatic rings. The zero-order chi connectivity index (χ0) is 11.7. The second-order valence-corrected chi connectivity index (χ2v) is 5.35. The summed E-state index contributed by atoms with van der Waals surface area (Å²) in [4.78, 5) is 0. The molecule has 0 aliphatic heterocycles. The van der Waals surface area contributed by atoms with Gasteiger partial charge in [-0.2, -0.15) is 0 Å². The summed E-state index contributed by atoms with van der Waals surface area (Å²) in [5.41, 5.74) is 0.246. The SMILES string of the molecule is CCCC(C)OCCCCNC(C)(C)C. The molecule has 0 saturated carbocycles. The molecule has 1 atom stereocenters. The first kappa shape index (κ1) is 14.9. The van der Waals surface area contributed by atoms with Crippen molar-refractivity contribution in [2.75, 3.05) is 13.2 Å². The van der Waals surface area contributed by atoms with E-state index >= 15 is 0 Å². The van der Waals surface area contributed by atoms with Crippen LogP contribution < -0.4 is 5.32 Å². The number of hydrogen-bond donors (Lipinski definition) is 1. The standard InChI is InChI=1S/C13H29NO/c1-6-9-12(2)15-11-8-7-10-14-13(3,4)5/h12,14H,6-11H2,1-5H3. The summed E-state index contributed by atoms with van der Waals surface area (Å²) in [6.45, 7) is 13.0.